The fourth-order valence-corrected chi connectivity index (χ4v) is 1.66. The van der Waals surface area contributed by atoms with Crippen LogP contribution in [0.1, 0.15) is 20.7 Å². The van der Waals surface area contributed by atoms with E-state index in [1.54, 1.807) is 18.2 Å². The summed E-state index contributed by atoms with van der Waals surface area (Å²) in [6.45, 7) is 0. The molecule has 0 spiro atoms. The normalized spacial score (nSPS) is 9.65. The minimum Gasteiger partial charge on any atom is -0.545 e. The summed E-state index contributed by atoms with van der Waals surface area (Å²) < 4.78 is 0. The molecule has 0 saturated heterocycles. The Labute approximate surface area is 107 Å². The maximum absolute atomic E-state index is 10.9. The molecule has 2 rings (SSSR count). The summed E-state index contributed by atoms with van der Waals surface area (Å²) in [5.41, 5.74) is -0.697. The van der Waals surface area contributed by atoms with Crippen molar-refractivity contribution in [2.75, 3.05) is 0 Å². The number of carbonyl (C=O) groups excluding carboxylic acids is 2. The van der Waals surface area contributed by atoms with E-state index in [0.29, 0.717) is 10.8 Å². The van der Waals surface area contributed by atoms with Gasteiger partial charge in [-0.1, -0.05) is 36.4 Å². The third-order valence-electron chi connectivity index (χ3n) is 2.35. The molecule has 5 heteroatoms. The Morgan fingerprint density at radius 3 is 2.12 bits per heavy atom. The molecule has 0 aliphatic carbocycles. The van der Waals surface area contributed by atoms with Crippen LogP contribution in [0, 0.1) is 0 Å². The molecule has 0 N–H and O–H groups in total. The van der Waals surface area contributed by atoms with Crippen LogP contribution in [0.25, 0.3) is 10.8 Å². The molecule has 2 aromatic carbocycles. The second-order valence-corrected chi connectivity index (χ2v) is 3.28. The number of carboxylic acids is 2. The molecular weight excluding hydrogens is 272 g/mol. The SMILES string of the molecule is O=C([O-])c1ccc2ccccc2c1C(=O)[O-].[Cu+2]. The Hall–Kier alpha value is -1.84. The van der Waals surface area contributed by atoms with Gasteiger partial charge in [0.2, 0.25) is 0 Å². The minimum absolute atomic E-state index is 0. The second-order valence-electron chi connectivity index (χ2n) is 3.28. The topological polar surface area (TPSA) is 80.3 Å². The van der Waals surface area contributed by atoms with Gasteiger partial charge < -0.3 is 19.8 Å². The molecule has 0 atom stereocenters. The average Bonchev–Trinajstić information content (AvgIpc) is 2.27. The van der Waals surface area contributed by atoms with Crippen LogP contribution >= 0.6 is 0 Å². The Kier molecular flexibility index (Phi) is 3.88. The summed E-state index contributed by atoms with van der Waals surface area (Å²) >= 11 is 0. The molecule has 0 bridgehead atoms. The number of hydrogen-bond acceptors (Lipinski definition) is 4. The van der Waals surface area contributed by atoms with E-state index in [1.165, 1.54) is 18.2 Å². The maximum Gasteiger partial charge on any atom is 2.00 e. The van der Waals surface area contributed by atoms with E-state index in [2.05, 4.69) is 0 Å². The first kappa shape index (κ1) is 13.2. The van der Waals surface area contributed by atoms with Gasteiger partial charge in [-0.2, -0.15) is 0 Å². The zero-order valence-corrected chi connectivity index (χ0v) is 9.34. The minimum atomic E-state index is -1.52. The van der Waals surface area contributed by atoms with E-state index in [0.717, 1.165) is 0 Å². The van der Waals surface area contributed by atoms with Crippen LogP contribution in [0.4, 0.5) is 0 Å². The van der Waals surface area contributed by atoms with Crippen LogP contribution in [-0.4, -0.2) is 11.9 Å². The van der Waals surface area contributed by atoms with Crippen molar-refractivity contribution in [3.8, 4) is 0 Å². The molecule has 0 aliphatic rings. The number of benzene rings is 2. The van der Waals surface area contributed by atoms with Crippen molar-refractivity contribution in [1.82, 2.24) is 0 Å². The Balaban J connectivity index is 0.00000144. The van der Waals surface area contributed by atoms with E-state index < -0.39 is 11.9 Å². The second kappa shape index (κ2) is 4.99. The monoisotopic (exact) mass is 277 g/mol. The van der Waals surface area contributed by atoms with E-state index in [1.807, 2.05) is 0 Å². The number of hydrogen-bond donors (Lipinski definition) is 0. The standard InChI is InChI=1S/C12H8O4.Cu/c13-11(14)9-6-5-7-3-1-2-4-8(7)10(9)12(15)16;/h1-6H,(H,13,14)(H,15,16);/q;+2/p-2. The van der Waals surface area contributed by atoms with Gasteiger partial charge in [-0.3, -0.25) is 0 Å². The predicted molar refractivity (Wildman–Crippen MR) is 52.6 cm³/mol. The van der Waals surface area contributed by atoms with Crippen molar-refractivity contribution >= 4 is 22.7 Å². The number of carboxylic acid groups (broad SMARTS) is 2. The third kappa shape index (κ3) is 2.30. The predicted octanol–water partition coefficient (Wildman–Crippen LogP) is -0.436. The van der Waals surface area contributed by atoms with Gasteiger partial charge in [-0.25, -0.2) is 0 Å². The van der Waals surface area contributed by atoms with Gasteiger partial charge in [0.15, 0.2) is 0 Å². The van der Waals surface area contributed by atoms with Gasteiger partial charge >= 0.3 is 17.1 Å². The number of rotatable bonds is 2. The van der Waals surface area contributed by atoms with Crippen molar-refractivity contribution in [3.05, 3.63) is 47.5 Å². The van der Waals surface area contributed by atoms with Gasteiger partial charge in [-0.15, -0.1) is 0 Å². The van der Waals surface area contributed by atoms with Crippen LogP contribution in [0.15, 0.2) is 36.4 Å². The van der Waals surface area contributed by atoms with Crippen LogP contribution in [0.2, 0.25) is 0 Å². The van der Waals surface area contributed by atoms with Crippen LogP contribution in [0.5, 0.6) is 0 Å². The molecule has 0 aromatic heterocycles. The van der Waals surface area contributed by atoms with Crippen molar-refractivity contribution < 1.29 is 36.9 Å². The molecule has 17 heavy (non-hydrogen) atoms. The zero-order valence-electron chi connectivity index (χ0n) is 8.40. The summed E-state index contributed by atoms with van der Waals surface area (Å²) in [7, 11) is 0. The van der Waals surface area contributed by atoms with Crippen molar-refractivity contribution in [3.63, 3.8) is 0 Å². The van der Waals surface area contributed by atoms with E-state index in [9.17, 15) is 19.8 Å². The zero-order chi connectivity index (χ0) is 11.7. The summed E-state index contributed by atoms with van der Waals surface area (Å²) in [6, 6.07) is 9.34. The number of fused-ring (bicyclic) bond motifs is 1. The van der Waals surface area contributed by atoms with Crippen LogP contribution < -0.4 is 10.2 Å². The number of aromatic carboxylic acids is 2. The summed E-state index contributed by atoms with van der Waals surface area (Å²) in [4.78, 5) is 21.7. The fourth-order valence-electron chi connectivity index (χ4n) is 1.66. The van der Waals surface area contributed by atoms with Gasteiger partial charge in [0.25, 0.3) is 0 Å². The molecule has 2 aromatic rings. The Bertz CT molecular complexity index is 592. The van der Waals surface area contributed by atoms with Crippen LogP contribution in [0.3, 0.4) is 0 Å². The largest absolute Gasteiger partial charge is 2.00 e. The summed E-state index contributed by atoms with van der Waals surface area (Å²) in [5.74, 6) is -3.04. The molecule has 0 fully saturated rings. The third-order valence-corrected chi connectivity index (χ3v) is 2.35. The summed E-state index contributed by atoms with van der Waals surface area (Å²) in [5, 5.41) is 22.7. The van der Waals surface area contributed by atoms with Crippen molar-refractivity contribution in [2.45, 2.75) is 0 Å². The van der Waals surface area contributed by atoms with Crippen molar-refractivity contribution in [1.29, 1.82) is 0 Å². The maximum atomic E-state index is 10.9. The first-order valence-corrected chi connectivity index (χ1v) is 4.55. The van der Waals surface area contributed by atoms with E-state index in [4.69, 9.17) is 0 Å². The number of carbonyl (C=O) groups is 2. The first-order valence-electron chi connectivity index (χ1n) is 4.55. The smallest absolute Gasteiger partial charge is 0.545 e. The Morgan fingerprint density at radius 1 is 0.882 bits per heavy atom. The molecule has 0 aliphatic heterocycles. The van der Waals surface area contributed by atoms with Gasteiger partial charge in [0, 0.05) is 11.1 Å². The van der Waals surface area contributed by atoms with Gasteiger partial charge in [0.1, 0.15) is 0 Å². The van der Waals surface area contributed by atoms with E-state index >= 15 is 0 Å². The Morgan fingerprint density at radius 2 is 1.53 bits per heavy atom. The summed E-state index contributed by atoms with van der Waals surface area (Å²) in [6.07, 6.45) is 0. The first-order chi connectivity index (χ1) is 7.61. The fraction of sp³-hybridized carbons (Fsp3) is 0. The van der Waals surface area contributed by atoms with Gasteiger partial charge in [0.05, 0.1) is 11.9 Å². The molecule has 4 nitrogen and oxygen atoms in total. The quantitative estimate of drug-likeness (QED) is 0.697. The molecule has 1 radical (unpaired) electrons. The van der Waals surface area contributed by atoms with Crippen molar-refractivity contribution in [2.24, 2.45) is 0 Å². The molecule has 0 amide bonds. The van der Waals surface area contributed by atoms with Crippen LogP contribution in [-0.2, 0) is 17.1 Å². The molecule has 89 valence electrons. The van der Waals surface area contributed by atoms with E-state index in [-0.39, 0.29) is 28.2 Å². The van der Waals surface area contributed by atoms with Gasteiger partial charge in [-0.05, 0) is 10.8 Å². The molecular formula is C12H6CuO4. The molecule has 0 saturated carbocycles. The molecule has 0 unspecified atom stereocenters. The molecule has 0 heterocycles. The average molecular weight is 278 g/mol.